The maximum atomic E-state index is 13.4. The number of hydrogen-bond acceptors (Lipinski definition) is 4. The van der Waals surface area contributed by atoms with Gasteiger partial charge in [-0.05, 0) is 56.3 Å². The highest BCUT2D eigenvalue weighted by Crippen LogP contribution is 2.29. The zero-order valence-electron chi connectivity index (χ0n) is 15.1. The molecule has 0 saturated carbocycles. The molecule has 0 radical (unpaired) electrons. The highest BCUT2D eigenvalue weighted by Gasteiger charge is 2.22. The number of carbonyl (C=O) groups excluding carboxylic acids is 2. The smallest absolute Gasteiger partial charge is 0.313 e. The second kappa shape index (κ2) is 7.49. The molecule has 7 heteroatoms. The normalized spacial score (nSPS) is 11.9. The van der Waals surface area contributed by atoms with Gasteiger partial charge in [-0.3, -0.25) is 9.59 Å². The van der Waals surface area contributed by atoms with E-state index in [-0.39, 0.29) is 5.82 Å². The molecule has 27 heavy (non-hydrogen) atoms. The van der Waals surface area contributed by atoms with E-state index in [1.165, 1.54) is 25.3 Å². The van der Waals surface area contributed by atoms with E-state index < -0.39 is 17.9 Å². The number of hydrogen-bond donors (Lipinski definition) is 2. The summed E-state index contributed by atoms with van der Waals surface area (Å²) < 4.78 is 24.2. The number of carbonyl (C=O) groups is 2. The van der Waals surface area contributed by atoms with Crippen LogP contribution in [0.3, 0.4) is 0 Å². The summed E-state index contributed by atoms with van der Waals surface area (Å²) in [5.74, 6) is -0.853. The minimum Gasteiger partial charge on any atom is -0.497 e. The monoisotopic (exact) mass is 370 g/mol. The van der Waals surface area contributed by atoms with Crippen LogP contribution in [0.15, 0.2) is 46.9 Å². The van der Waals surface area contributed by atoms with Gasteiger partial charge in [-0.25, -0.2) is 4.39 Å². The lowest BCUT2D eigenvalue weighted by molar-refractivity contribution is -0.136. The van der Waals surface area contributed by atoms with Crippen molar-refractivity contribution < 1.29 is 23.1 Å². The number of amides is 2. The van der Waals surface area contributed by atoms with Gasteiger partial charge < -0.3 is 19.8 Å². The minimum atomic E-state index is -0.802. The highest BCUT2D eigenvalue weighted by molar-refractivity contribution is 6.39. The van der Waals surface area contributed by atoms with Gasteiger partial charge in [0.25, 0.3) is 0 Å². The average Bonchev–Trinajstić information content (AvgIpc) is 2.98. The molecule has 0 saturated heterocycles. The molecule has 0 fully saturated rings. The number of fused-ring (bicyclic) bond motifs is 1. The summed E-state index contributed by atoms with van der Waals surface area (Å²) in [5, 5.41) is 5.74. The molecule has 1 heterocycles. The highest BCUT2D eigenvalue weighted by atomic mass is 19.1. The predicted molar refractivity (Wildman–Crippen MR) is 99.1 cm³/mol. The summed E-state index contributed by atoms with van der Waals surface area (Å²) in [6, 6.07) is 10.3. The lowest BCUT2D eigenvalue weighted by Gasteiger charge is -2.12. The van der Waals surface area contributed by atoms with Crippen molar-refractivity contribution in [2.45, 2.75) is 19.9 Å². The minimum absolute atomic E-state index is 0.367. The first kappa shape index (κ1) is 18.4. The van der Waals surface area contributed by atoms with Gasteiger partial charge in [-0.2, -0.15) is 0 Å². The Morgan fingerprint density at radius 1 is 1.11 bits per heavy atom. The molecule has 0 aliphatic heterocycles. The van der Waals surface area contributed by atoms with Gasteiger partial charge in [0, 0.05) is 16.6 Å². The molecule has 0 bridgehead atoms. The zero-order valence-corrected chi connectivity index (χ0v) is 15.1. The van der Waals surface area contributed by atoms with E-state index in [0.29, 0.717) is 33.7 Å². The molecule has 140 valence electrons. The molecule has 1 unspecified atom stereocenters. The van der Waals surface area contributed by atoms with Crippen LogP contribution in [0.25, 0.3) is 11.0 Å². The first-order valence-electron chi connectivity index (χ1n) is 8.33. The standard InChI is InChI=1S/C20H19FN2O4/c1-11-16-10-13(21)4-9-17(16)27-18(11)12(2)22-19(24)20(25)23-14-5-7-15(26-3)8-6-14/h4-10,12H,1-3H3,(H,22,24)(H,23,25). The second-order valence-corrected chi connectivity index (χ2v) is 6.11. The lowest BCUT2D eigenvalue weighted by atomic mass is 10.1. The van der Waals surface area contributed by atoms with Crippen LogP contribution in [0.1, 0.15) is 24.3 Å². The number of halogens is 1. The molecule has 2 N–H and O–H groups in total. The summed E-state index contributed by atoms with van der Waals surface area (Å²) in [5.41, 5.74) is 1.71. The Labute approximate surface area is 155 Å². The van der Waals surface area contributed by atoms with Crippen LogP contribution < -0.4 is 15.4 Å². The fourth-order valence-corrected chi connectivity index (χ4v) is 2.82. The van der Waals surface area contributed by atoms with Crippen molar-refractivity contribution >= 4 is 28.5 Å². The summed E-state index contributed by atoms with van der Waals surface area (Å²) in [6.07, 6.45) is 0. The molecule has 6 nitrogen and oxygen atoms in total. The van der Waals surface area contributed by atoms with E-state index in [2.05, 4.69) is 10.6 Å². The maximum absolute atomic E-state index is 13.4. The van der Waals surface area contributed by atoms with E-state index in [1.54, 1.807) is 38.1 Å². The van der Waals surface area contributed by atoms with Gasteiger partial charge >= 0.3 is 11.8 Å². The van der Waals surface area contributed by atoms with Crippen LogP contribution in [0.2, 0.25) is 0 Å². The van der Waals surface area contributed by atoms with E-state index in [4.69, 9.17) is 9.15 Å². The molecule has 0 aliphatic carbocycles. The summed E-state index contributed by atoms with van der Waals surface area (Å²) in [4.78, 5) is 24.3. The van der Waals surface area contributed by atoms with Crippen LogP contribution in [-0.2, 0) is 9.59 Å². The van der Waals surface area contributed by atoms with Gasteiger partial charge in [0.15, 0.2) is 0 Å². The number of rotatable bonds is 4. The Kier molecular flexibility index (Phi) is 5.12. The Hall–Kier alpha value is -3.35. The Bertz CT molecular complexity index is 995. The van der Waals surface area contributed by atoms with Crippen molar-refractivity contribution in [3.8, 4) is 5.75 Å². The number of aryl methyl sites for hydroxylation is 1. The third-order valence-corrected chi connectivity index (χ3v) is 4.23. The largest absolute Gasteiger partial charge is 0.497 e. The Balaban J connectivity index is 1.69. The Morgan fingerprint density at radius 3 is 2.48 bits per heavy atom. The number of furan rings is 1. The zero-order chi connectivity index (χ0) is 19.6. The second-order valence-electron chi connectivity index (χ2n) is 6.11. The number of nitrogens with one attached hydrogen (secondary N) is 2. The number of anilines is 1. The van der Waals surface area contributed by atoms with E-state index in [9.17, 15) is 14.0 Å². The molecule has 1 atom stereocenters. The quantitative estimate of drug-likeness (QED) is 0.686. The third kappa shape index (κ3) is 3.92. The predicted octanol–water partition coefficient (Wildman–Crippen LogP) is 3.70. The van der Waals surface area contributed by atoms with Crippen LogP contribution in [0.4, 0.5) is 10.1 Å². The molecule has 1 aromatic heterocycles. The average molecular weight is 370 g/mol. The van der Waals surface area contributed by atoms with Gasteiger partial charge in [0.2, 0.25) is 0 Å². The molecule has 2 aromatic carbocycles. The van der Waals surface area contributed by atoms with Gasteiger partial charge in [0.1, 0.15) is 22.9 Å². The molecule has 0 spiro atoms. The molecule has 3 rings (SSSR count). The molecular formula is C20H19FN2O4. The van der Waals surface area contributed by atoms with E-state index in [0.717, 1.165) is 0 Å². The van der Waals surface area contributed by atoms with Gasteiger partial charge in [-0.15, -0.1) is 0 Å². The maximum Gasteiger partial charge on any atom is 0.313 e. The van der Waals surface area contributed by atoms with Crippen LogP contribution >= 0.6 is 0 Å². The summed E-state index contributed by atoms with van der Waals surface area (Å²) in [7, 11) is 1.54. The molecule has 3 aromatic rings. The number of ether oxygens (including phenoxy) is 1. The van der Waals surface area contributed by atoms with Crippen molar-refractivity contribution in [1.82, 2.24) is 5.32 Å². The summed E-state index contributed by atoms with van der Waals surface area (Å²) in [6.45, 7) is 3.47. The SMILES string of the molecule is COc1ccc(NC(=O)C(=O)NC(C)c2oc3ccc(F)cc3c2C)cc1. The molecule has 2 amide bonds. The lowest BCUT2D eigenvalue weighted by Crippen LogP contribution is -2.36. The van der Waals surface area contributed by atoms with Crippen LogP contribution in [-0.4, -0.2) is 18.9 Å². The number of methoxy groups -OCH3 is 1. The molecular weight excluding hydrogens is 351 g/mol. The Morgan fingerprint density at radius 2 is 1.81 bits per heavy atom. The van der Waals surface area contributed by atoms with E-state index >= 15 is 0 Å². The van der Waals surface area contributed by atoms with Crippen LogP contribution in [0.5, 0.6) is 5.75 Å². The van der Waals surface area contributed by atoms with Gasteiger partial charge in [-0.1, -0.05) is 0 Å². The molecule has 0 aliphatic rings. The number of benzene rings is 2. The van der Waals surface area contributed by atoms with Crippen molar-refractivity contribution in [3.63, 3.8) is 0 Å². The van der Waals surface area contributed by atoms with Gasteiger partial charge in [0.05, 0.1) is 13.2 Å². The fourth-order valence-electron chi connectivity index (χ4n) is 2.82. The van der Waals surface area contributed by atoms with Crippen molar-refractivity contribution in [2.24, 2.45) is 0 Å². The first-order chi connectivity index (χ1) is 12.9. The van der Waals surface area contributed by atoms with Crippen molar-refractivity contribution in [3.05, 3.63) is 59.6 Å². The topological polar surface area (TPSA) is 80.6 Å². The summed E-state index contributed by atoms with van der Waals surface area (Å²) >= 11 is 0. The third-order valence-electron chi connectivity index (χ3n) is 4.23. The fraction of sp³-hybridized carbons (Fsp3) is 0.200. The van der Waals surface area contributed by atoms with E-state index in [1.807, 2.05) is 0 Å². The van der Waals surface area contributed by atoms with Crippen LogP contribution in [0, 0.1) is 12.7 Å². The van der Waals surface area contributed by atoms with Crippen molar-refractivity contribution in [2.75, 3.05) is 12.4 Å². The first-order valence-corrected chi connectivity index (χ1v) is 8.33. The van der Waals surface area contributed by atoms with Crippen molar-refractivity contribution in [1.29, 1.82) is 0 Å².